The molecule has 1 fully saturated rings. The Morgan fingerprint density at radius 3 is 2.53 bits per heavy atom. The molecular formula is C9H15N3O3. The van der Waals surface area contributed by atoms with Gasteiger partial charge in [-0.3, -0.25) is 19.8 Å². The fraction of sp³-hybridized carbons (Fsp3) is 0.667. The number of nitrogens with zero attached hydrogens (tertiary/aromatic N) is 2. The van der Waals surface area contributed by atoms with Crippen LogP contribution in [0.25, 0.3) is 0 Å². The van der Waals surface area contributed by atoms with Gasteiger partial charge in [0.1, 0.15) is 6.42 Å². The van der Waals surface area contributed by atoms with E-state index < -0.39 is 17.8 Å². The predicted molar refractivity (Wildman–Crippen MR) is 53.0 cm³/mol. The van der Waals surface area contributed by atoms with Gasteiger partial charge in [-0.1, -0.05) is 0 Å². The van der Waals surface area contributed by atoms with E-state index in [1.165, 1.54) is 0 Å². The van der Waals surface area contributed by atoms with E-state index in [2.05, 4.69) is 5.32 Å². The number of urea groups is 1. The monoisotopic (exact) mass is 213 g/mol. The van der Waals surface area contributed by atoms with Gasteiger partial charge in [0.2, 0.25) is 11.8 Å². The lowest BCUT2D eigenvalue weighted by Crippen LogP contribution is -2.53. The zero-order valence-corrected chi connectivity index (χ0v) is 8.95. The van der Waals surface area contributed by atoms with Crippen LogP contribution in [0.3, 0.4) is 0 Å². The fourth-order valence-electron chi connectivity index (χ4n) is 1.35. The van der Waals surface area contributed by atoms with Crippen LogP contribution in [0.15, 0.2) is 0 Å². The zero-order chi connectivity index (χ0) is 11.4. The summed E-state index contributed by atoms with van der Waals surface area (Å²) >= 11 is 0. The third-order valence-electron chi connectivity index (χ3n) is 2.09. The van der Waals surface area contributed by atoms with Gasteiger partial charge in [0, 0.05) is 6.54 Å². The number of imide groups is 2. The quantitative estimate of drug-likeness (QED) is 0.633. The Balaban J connectivity index is 2.43. The standard InChI is InChI=1S/C9H15N3O3/c1-11(2)4-3-5-12-8(14)6-7(13)10-9(12)15/h3-6H2,1-2H3,(H,10,13,15). The van der Waals surface area contributed by atoms with E-state index in [0.29, 0.717) is 13.0 Å². The van der Waals surface area contributed by atoms with Gasteiger partial charge in [-0.25, -0.2) is 4.79 Å². The lowest BCUT2D eigenvalue weighted by Gasteiger charge is -2.25. The Morgan fingerprint density at radius 2 is 2.00 bits per heavy atom. The summed E-state index contributed by atoms with van der Waals surface area (Å²) in [5, 5.41) is 2.11. The van der Waals surface area contributed by atoms with Gasteiger partial charge in [0.15, 0.2) is 0 Å². The van der Waals surface area contributed by atoms with E-state index >= 15 is 0 Å². The van der Waals surface area contributed by atoms with Gasteiger partial charge in [-0.2, -0.15) is 0 Å². The molecule has 1 aliphatic rings. The minimum Gasteiger partial charge on any atom is -0.309 e. The summed E-state index contributed by atoms with van der Waals surface area (Å²) in [4.78, 5) is 36.5. The van der Waals surface area contributed by atoms with E-state index in [-0.39, 0.29) is 6.42 Å². The number of hydrogen-bond donors (Lipinski definition) is 1. The number of rotatable bonds is 4. The molecule has 0 bridgehead atoms. The van der Waals surface area contributed by atoms with E-state index in [0.717, 1.165) is 11.4 Å². The second-order valence-corrected chi connectivity index (χ2v) is 3.73. The molecular weight excluding hydrogens is 198 g/mol. The molecule has 6 nitrogen and oxygen atoms in total. The zero-order valence-electron chi connectivity index (χ0n) is 8.95. The summed E-state index contributed by atoms with van der Waals surface area (Å²) in [5.74, 6) is -0.934. The lowest BCUT2D eigenvalue weighted by atomic mass is 10.2. The molecule has 0 aromatic rings. The molecule has 0 aliphatic carbocycles. The maximum Gasteiger partial charge on any atom is 0.330 e. The minimum atomic E-state index is -0.602. The van der Waals surface area contributed by atoms with Crippen LogP contribution in [0.5, 0.6) is 0 Å². The SMILES string of the molecule is CN(C)CCCN1C(=O)CC(=O)NC1=O. The first kappa shape index (κ1) is 11.6. The van der Waals surface area contributed by atoms with Crippen molar-refractivity contribution < 1.29 is 14.4 Å². The molecule has 4 amide bonds. The molecule has 0 spiro atoms. The molecule has 0 unspecified atom stereocenters. The van der Waals surface area contributed by atoms with Crippen LogP contribution in [0.2, 0.25) is 0 Å². The van der Waals surface area contributed by atoms with Crippen LogP contribution >= 0.6 is 0 Å². The molecule has 0 saturated carbocycles. The van der Waals surface area contributed by atoms with Gasteiger partial charge < -0.3 is 4.90 Å². The average Bonchev–Trinajstić information content (AvgIpc) is 2.08. The largest absolute Gasteiger partial charge is 0.330 e. The summed E-state index contributed by atoms with van der Waals surface area (Å²) in [6.07, 6.45) is 0.480. The Morgan fingerprint density at radius 1 is 1.33 bits per heavy atom. The molecule has 0 aromatic carbocycles. The van der Waals surface area contributed by atoms with E-state index in [1.54, 1.807) is 0 Å². The van der Waals surface area contributed by atoms with Gasteiger partial charge >= 0.3 is 6.03 Å². The lowest BCUT2D eigenvalue weighted by molar-refractivity contribution is -0.136. The molecule has 1 saturated heterocycles. The van der Waals surface area contributed by atoms with Crippen LogP contribution in [0, 0.1) is 0 Å². The Kier molecular flexibility index (Phi) is 3.79. The molecule has 0 aromatic heterocycles. The van der Waals surface area contributed by atoms with Crippen LogP contribution in [-0.4, -0.2) is 54.8 Å². The Hall–Kier alpha value is -1.43. The first-order chi connectivity index (χ1) is 7.00. The van der Waals surface area contributed by atoms with Crippen molar-refractivity contribution >= 4 is 17.8 Å². The molecule has 0 radical (unpaired) electrons. The van der Waals surface area contributed by atoms with Crippen molar-refractivity contribution in [2.45, 2.75) is 12.8 Å². The van der Waals surface area contributed by atoms with Crippen LogP contribution in [0.1, 0.15) is 12.8 Å². The molecule has 6 heteroatoms. The van der Waals surface area contributed by atoms with Crippen LogP contribution in [0.4, 0.5) is 4.79 Å². The van der Waals surface area contributed by atoms with Crippen molar-refractivity contribution in [3.05, 3.63) is 0 Å². The second-order valence-electron chi connectivity index (χ2n) is 3.73. The highest BCUT2D eigenvalue weighted by Crippen LogP contribution is 2.03. The van der Waals surface area contributed by atoms with Crippen molar-refractivity contribution in [2.75, 3.05) is 27.2 Å². The minimum absolute atomic E-state index is 0.228. The number of nitrogens with one attached hydrogen (secondary N) is 1. The third-order valence-corrected chi connectivity index (χ3v) is 2.09. The fourth-order valence-corrected chi connectivity index (χ4v) is 1.35. The summed E-state index contributed by atoms with van der Waals surface area (Å²) in [5.41, 5.74) is 0. The van der Waals surface area contributed by atoms with Crippen molar-refractivity contribution in [2.24, 2.45) is 0 Å². The molecule has 1 rings (SSSR count). The number of hydrogen-bond acceptors (Lipinski definition) is 4. The first-order valence-electron chi connectivity index (χ1n) is 4.79. The van der Waals surface area contributed by atoms with Crippen LogP contribution in [-0.2, 0) is 9.59 Å². The number of carbonyl (C=O) groups excluding carboxylic acids is 3. The maximum absolute atomic E-state index is 11.3. The Bertz CT molecular complexity index is 268. The summed E-state index contributed by atoms with van der Waals surface area (Å²) in [6, 6.07) is -0.602. The highest BCUT2D eigenvalue weighted by atomic mass is 16.2. The summed E-state index contributed by atoms with van der Waals surface area (Å²) in [6.45, 7) is 1.15. The first-order valence-corrected chi connectivity index (χ1v) is 4.79. The molecule has 1 heterocycles. The van der Waals surface area contributed by atoms with Gasteiger partial charge in [0.05, 0.1) is 0 Å². The van der Waals surface area contributed by atoms with E-state index in [1.807, 2.05) is 19.0 Å². The topological polar surface area (TPSA) is 69.7 Å². The highest BCUT2D eigenvalue weighted by Gasteiger charge is 2.29. The summed E-state index contributed by atoms with van der Waals surface area (Å²) in [7, 11) is 3.84. The maximum atomic E-state index is 11.3. The molecule has 0 atom stereocenters. The van der Waals surface area contributed by atoms with Gasteiger partial charge in [0.25, 0.3) is 0 Å². The number of barbiturate groups is 1. The van der Waals surface area contributed by atoms with Crippen LogP contribution < -0.4 is 5.32 Å². The normalized spacial score (nSPS) is 17.3. The third kappa shape index (κ3) is 3.32. The van der Waals surface area contributed by atoms with Crippen molar-refractivity contribution in [1.29, 1.82) is 0 Å². The molecule has 1 aliphatic heterocycles. The van der Waals surface area contributed by atoms with Gasteiger partial charge in [-0.05, 0) is 27.1 Å². The van der Waals surface area contributed by atoms with E-state index in [4.69, 9.17) is 0 Å². The summed E-state index contributed by atoms with van der Waals surface area (Å²) < 4.78 is 0. The Labute approximate surface area is 88.2 Å². The van der Waals surface area contributed by atoms with E-state index in [9.17, 15) is 14.4 Å². The van der Waals surface area contributed by atoms with Crippen molar-refractivity contribution in [3.63, 3.8) is 0 Å². The predicted octanol–water partition coefficient (Wildman–Crippen LogP) is -0.593. The van der Waals surface area contributed by atoms with Crippen molar-refractivity contribution in [1.82, 2.24) is 15.1 Å². The smallest absolute Gasteiger partial charge is 0.309 e. The second kappa shape index (κ2) is 4.88. The molecule has 15 heavy (non-hydrogen) atoms. The van der Waals surface area contributed by atoms with Crippen molar-refractivity contribution in [3.8, 4) is 0 Å². The highest BCUT2D eigenvalue weighted by molar-refractivity contribution is 6.14. The average molecular weight is 213 g/mol. The van der Waals surface area contributed by atoms with Gasteiger partial charge in [-0.15, -0.1) is 0 Å². The number of amides is 4. The molecule has 84 valence electrons. The molecule has 1 N–H and O–H groups in total. The number of carbonyl (C=O) groups is 3.